The molecule has 14 heavy (non-hydrogen) atoms. The lowest BCUT2D eigenvalue weighted by Crippen LogP contribution is -2.49. The highest BCUT2D eigenvalue weighted by molar-refractivity contribution is 7.09. The third-order valence-electron chi connectivity index (χ3n) is 2.39. The number of carbonyl (C=O) groups is 1. The molecule has 0 spiro atoms. The average molecular weight is 212 g/mol. The van der Waals surface area contributed by atoms with E-state index in [2.05, 4.69) is 26.9 Å². The number of aromatic nitrogens is 2. The standard InChI is InChI=1S/C8H12N4OS/c1-5-2-3-9-7(13)6(5)12-8-10-4-11-14-8/h4-6H,2-3H2,1H3,(H,9,13)(H,10,11,12). The Balaban J connectivity index is 2.04. The van der Waals surface area contributed by atoms with Crippen molar-refractivity contribution in [3.63, 3.8) is 0 Å². The number of hydrogen-bond donors (Lipinski definition) is 2. The topological polar surface area (TPSA) is 66.9 Å². The van der Waals surface area contributed by atoms with Crippen molar-refractivity contribution in [2.75, 3.05) is 11.9 Å². The van der Waals surface area contributed by atoms with Gasteiger partial charge in [0, 0.05) is 18.1 Å². The van der Waals surface area contributed by atoms with Crippen LogP contribution in [-0.2, 0) is 4.79 Å². The Kier molecular flexibility index (Phi) is 2.62. The molecule has 6 heteroatoms. The van der Waals surface area contributed by atoms with Gasteiger partial charge in [0.1, 0.15) is 12.4 Å². The van der Waals surface area contributed by atoms with Gasteiger partial charge < -0.3 is 10.6 Å². The van der Waals surface area contributed by atoms with Gasteiger partial charge in [-0.3, -0.25) is 4.79 Å². The molecule has 5 nitrogen and oxygen atoms in total. The summed E-state index contributed by atoms with van der Waals surface area (Å²) in [5.74, 6) is 0.395. The monoisotopic (exact) mass is 212 g/mol. The number of hydrogen-bond acceptors (Lipinski definition) is 5. The largest absolute Gasteiger partial charge is 0.354 e. The first kappa shape index (κ1) is 9.39. The third-order valence-corrected chi connectivity index (χ3v) is 2.99. The summed E-state index contributed by atoms with van der Waals surface area (Å²) in [6.45, 7) is 2.84. The molecule has 1 aliphatic heterocycles. The minimum Gasteiger partial charge on any atom is -0.354 e. The average Bonchev–Trinajstić information content (AvgIpc) is 2.64. The van der Waals surface area contributed by atoms with E-state index in [-0.39, 0.29) is 11.9 Å². The molecule has 1 aliphatic rings. The lowest BCUT2D eigenvalue weighted by atomic mass is 9.94. The van der Waals surface area contributed by atoms with E-state index in [9.17, 15) is 4.79 Å². The second-order valence-corrected chi connectivity index (χ2v) is 4.21. The molecule has 2 unspecified atom stereocenters. The maximum Gasteiger partial charge on any atom is 0.242 e. The van der Waals surface area contributed by atoms with E-state index < -0.39 is 0 Å². The third kappa shape index (κ3) is 1.84. The van der Waals surface area contributed by atoms with Gasteiger partial charge in [-0.25, -0.2) is 4.98 Å². The molecule has 2 atom stereocenters. The maximum absolute atomic E-state index is 11.5. The van der Waals surface area contributed by atoms with Crippen LogP contribution in [0.2, 0.25) is 0 Å². The lowest BCUT2D eigenvalue weighted by molar-refractivity contribution is -0.124. The van der Waals surface area contributed by atoms with Gasteiger partial charge >= 0.3 is 0 Å². The zero-order valence-corrected chi connectivity index (χ0v) is 8.67. The quantitative estimate of drug-likeness (QED) is 0.748. The first-order chi connectivity index (χ1) is 6.77. The van der Waals surface area contributed by atoms with Crippen molar-refractivity contribution in [2.45, 2.75) is 19.4 Å². The van der Waals surface area contributed by atoms with Crippen LogP contribution in [0.1, 0.15) is 13.3 Å². The fourth-order valence-corrected chi connectivity index (χ4v) is 2.00. The van der Waals surface area contributed by atoms with Gasteiger partial charge in [-0.15, -0.1) is 0 Å². The fourth-order valence-electron chi connectivity index (χ4n) is 1.54. The van der Waals surface area contributed by atoms with E-state index in [4.69, 9.17) is 0 Å². The molecule has 0 aliphatic carbocycles. The molecule has 1 saturated heterocycles. The Hall–Kier alpha value is -1.17. The summed E-state index contributed by atoms with van der Waals surface area (Å²) in [6, 6.07) is -0.170. The van der Waals surface area contributed by atoms with E-state index in [0.717, 1.165) is 13.0 Å². The molecule has 0 saturated carbocycles. The van der Waals surface area contributed by atoms with Crippen molar-refractivity contribution in [3.05, 3.63) is 6.33 Å². The SMILES string of the molecule is CC1CCNC(=O)C1Nc1ncns1. The van der Waals surface area contributed by atoms with Crippen molar-refractivity contribution in [1.29, 1.82) is 0 Å². The summed E-state index contributed by atoms with van der Waals surface area (Å²) < 4.78 is 3.87. The Labute approximate surface area is 86.1 Å². The van der Waals surface area contributed by atoms with Gasteiger partial charge in [0.25, 0.3) is 0 Å². The zero-order chi connectivity index (χ0) is 9.97. The minimum atomic E-state index is -0.170. The molecule has 1 aromatic rings. The molecule has 2 rings (SSSR count). The van der Waals surface area contributed by atoms with Crippen LogP contribution in [0.4, 0.5) is 5.13 Å². The van der Waals surface area contributed by atoms with Crippen LogP contribution in [0, 0.1) is 5.92 Å². The molecule has 0 aromatic carbocycles. The van der Waals surface area contributed by atoms with Crippen LogP contribution in [0.25, 0.3) is 0 Å². The Morgan fingerprint density at radius 1 is 1.71 bits per heavy atom. The van der Waals surface area contributed by atoms with Crippen molar-refractivity contribution in [1.82, 2.24) is 14.7 Å². The van der Waals surface area contributed by atoms with Gasteiger partial charge in [0.15, 0.2) is 0 Å². The zero-order valence-electron chi connectivity index (χ0n) is 7.86. The van der Waals surface area contributed by atoms with Gasteiger partial charge in [-0.1, -0.05) is 6.92 Å². The van der Waals surface area contributed by atoms with Crippen LogP contribution in [-0.4, -0.2) is 27.9 Å². The van der Waals surface area contributed by atoms with E-state index in [1.807, 2.05) is 0 Å². The fraction of sp³-hybridized carbons (Fsp3) is 0.625. The number of carbonyl (C=O) groups excluding carboxylic acids is 1. The molecular weight excluding hydrogens is 200 g/mol. The summed E-state index contributed by atoms with van der Waals surface area (Å²) in [5.41, 5.74) is 0. The van der Waals surface area contributed by atoms with Crippen molar-refractivity contribution < 1.29 is 4.79 Å². The number of rotatable bonds is 2. The Morgan fingerprint density at radius 3 is 3.21 bits per heavy atom. The number of amides is 1. The number of nitrogens with zero attached hydrogens (tertiary/aromatic N) is 2. The van der Waals surface area contributed by atoms with Crippen LogP contribution < -0.4 is 10.6 Å². The van der Waals surface area contributed by atoms with Crippen LogP contribution in [0.3, 0.4) is 0 Å². The summed E-state index contributed by atoms with van der Waals surface area (Å²) in [7, 11) is 0. The lowest BCUT2D eigenvalue weighted by Gasteiger charge is -2.28. The van der Waals surface area contributed by atoms with Crippen molar-refractivity contribution in [3.8, 4) is 0 Å². The van der Waals surface area contributed by atoms with E-state index >= 15 is 0 Å². The second kappa shape index (κ2) is 3.91. The van der Waals surface area contributed by atoms with Gasteiger partial charge in [0.05, 0.1) is 0 Å². The number of nitrogens with one attached hydrogen (secondary N) is 2. The summed E-state index contributed by atoms with van der Waals surface area (Å²) in [4.78, 5) is 15.5. The van der Waals surface area contributed by atoms with Crippen LogP contribution in [0.15, 0.2) is 6.33 Å². The van der Waals surface area contributed by atoms with E-state index in [0.29, 0.717) is 11.0 Å². The minimum absolute atomic E-state index is 0.0546. The highest BCUT2D eigenvalue weighted by Gasteiger charge is 2.29. The first-order valence-electron chi connectivity index (χ1n) is 4.58. The molecule has 76 valence electrons. The molecule has 2 heterocycles. The number of anilines is 1. The van der Waals surface area contributed by atoms with Crippen LogP contribution >= 0.6 is 11.5 Å². The normalized spacial score (nSPS) is 27.1. The molecule has 0 radical (unpaired) electrons. The predicted octanol–water partition coefficient (Wildman–Crippen LogP) is 0.475. The second-order valence-electron chi connectivity index (χ2n) is 3.43. The number of piperidine rings is 1. The Morgan fingerprint density at radius 2 is 2.57 bits per heavy atom. The molecule has 2 N–H and O–H groups in total. The molecule has 0 bridgehead atoms. The summed E-state index contributed by atoms with van der Waals surface area (Å²) in [6.07, 6.45) is 2.49. The highest BCUT2D eigenvalue weighted by Crippen LogP contribution is 2.18. The van der Waals surface area contributed by atoms with E-state index in [1.165, 1.54) is 17.9 Å². The van der Waals surface area contributed by atoms with Crippen molar-refractivity contribution in [2.24, 2.45) is 5.92 Å². The van der Waals surface area contributed by atoms with Gasteiger partial charge in [-0.2, -0.15) is 4.37 Å². The molecule has 1 fully saturated rings. The first-order valence-corrected chi connectivity index (χ1v) is 5.35. The maximum atomic E-state index is 11.5. The van der Waals surface area contributed by atoms with Gasteiger partial charge in [0.2, 0.25) is 11.0 Å². The highest BCUT2D eigenvalue weighted by atomic mass is 32.1. The van der Waals surface area contributed by atoms with E-state index in [1.54, 1.807) is 0 Å². The predicted molar refractivity (Wildman–Crippen MR) is 54.1 cm³/mol. The summed E-state index contributed by atoms with van der Waals surface area (Å²) >= 11 is 1.27. The Bertz CT molecular complexity index is 313. The summed E-state index contributed by atoms with van der Waals surface area (Å²) in [5, 5.41) is 6.63. The molecule has 1 aromatic heterocycles. The van der Waals surface area contributed by atoms with Crippen LogP contribution in [0.5, 0.6) is 0 Å². The molecular formula is C8H12N4OS. The van der Waals surface area contributed by atoms with Crippen molar-refractivity contribution >= 4 is 22.6 Å². The molecule has 1 amide bonds. The van der Waals surface area contributed by atoms with Gasteiger partial charge in [-0.05, 0) is 12.3 Å². The smallest absolute Gasteiger partial charge is 0.242 e.